The van der Waals surface area contributed by atoms with E-state index in [0.717, 1.165) is 37.2 Å². The largest absolute Gasteiger partial charge is 0.379 e. The molecule has 15 heavy (non-hydrogen) atoms. The summed E-state index contributed by atoms with van der Waals surface area (Å²) in [4.78, 5) is 0. The second-order valence-electron chi connectivity index (χ2n) is 3.57. The number of ether oxygens (including phenoxy) is 1. The molecule has 1 aromatic rings. The summed E-state index contributed by atoms with van der Waals surface area (Å²) < 4.78 is 6.54. The Morgan fingerprint density at radius 2 is 2.60 bits per heavy atom. The molecular formula is C10H15BrN2OS. The topological polar surface area (TPSA) is 33.3 Å². The summed E-state index contributed by atoms with van der Waals surface area (Å²) in [7, 11) is 0. The predicted molar refractivity (Wildman–Crippen MR) is 67.7 cm³/mol. The maximum atomic E-state index is 5.39. The lowest BCUT2D eigenvalue weighted by Crippen LogP contribution is -2.42. The lowest BCUT2D eigenvalue weighted by Gasteiger charge is -2.23. The minimum Gasteiger partial charge on any atom is -0.379 e. The molecule has 0 bridgehead atoms. The van der Waals surface area contributed by atoms with Crippen LogP contribution in [0.4, 0.5) is 5.00 Å². The molecule has 1 unspecified atom stereocenters. The average molecular weight is 291 g/mol. The van der Waals surface area contributed by atoms with E-state index in [-0.39, 0.29) is 0 Å². The first kappa shape index (κ1) is 11.4. The fourth-order valence-corrected chi connectivity index (χ4v) is 2.93. The molecule has 1 aliphatic heterocycles. The highest BCUT2D eigenvalue weighted by Gasteiger charge is 2.11. The number of rotatable bonds is 4. The fraction of sp³-hybridized carbons (Fsp3) is 0.600. The van der Waals surface area contributed by atoms with Crippen LogP contribution < -0.4 is 10.6 Å². The summed E-state index contributed by atoms with van der Waals surface area (Å²) in [6.07, 6.45) is 1.11. The average Bonchev–Trinajstić information content (AvgIpc) is 2.66. The van der Waals surface area contributed by atoms with Crippen molar-refractivity contribution < 1.29 is 4.74 Å². The normalized spacial score (nSPS) is 21.5. The van der Waals surface area contributed by atoms with Gasteiger partial charge in [0.05, 0.1) is 18.2 Å². The Morgan fingerprint density at radius 1 is 1.67 bits per heavy atom. The number of thiophene rings is 1. The first-order valence-corrected chi connectivity index (χ1v) is 6.81. The molecule has 5 heteroatoms. The van der Waals surface area contributed by atoms with Gasteiger partial charge in [-0.05, 0) is 28.4 Å². The monoisotopic (exact) mass is 290 g/mol. The molecule has 2 heterocycles. The fourth-order valence-electron chi connectivity index (χ4n) is 1.58. The zero-order chi connectivity index (χ0) is 10.5. The molecule has 3 nitrogen and oxygen atoms in total. The zero-order valence-electron chi connectivity index (χ0n) is 8.46. The highest BCUT2D eigenvalue weighted by molar-refractivity contribution is 9.10. The van der Waals surface area contributed by atoms with Gasteiger partial charge in [-0.25, -0.2) is 0 Å². The zero-order valence-corrected chi connectivity index (χ0v) is 10.9. The van der Waals surface area contributed by atoms with E-state index in [0.29, 0.717) is 6.04 Å². The number of hydrogen-bond donors (Lipinski definition) is 2. The summed E-state index contributed by atoms with van der Waals surface area (Å²) in [5, 5.41) is 10.2. The van der Waals surface area contributed by atoms with Crippen molar-refractivity contribution in [2.24, 2.45) is 0 Å². The lowest BCUT2D eigenvalue weighted by molar-refractivity contribution is 0.0753. The number of morpholine rings is 1. The van der Waals surface area contributed by atoms with Gasteiger partial charge in [-0.3, -0.25) is 0 Å². The molecule has 0 spiro atoms. The molecule has 1 aliphatic rings. The molecule has 84 valence electrons. The predicted octanol–water partition coefficient (Wildman–Crippen LogP) is 2.30. The smallest absolute Gasteiger partial charge is 0.0894 e. The summed E-state index contributed by atoms with van der Waals surface area (Å²) >= 11 is 5.17. The number of halogens is 1. The van der Waals surface area contributed by atoms with Gasteiger partial charge >= 0.3 is 0 Å². The van der Waals surface area contributed by atoms with E-state index in [1.165, 1.54) is 5.00 Å². The molecule has 0 aromatic carbocycles. The Bertz CT molecular complexity index is 299. The van der Waals surface area contributed by atoms with Crippen molar-refractivity contribution in [3.8, 4) is 0 Å². The summed E-state index contributed by atoms with van der Waals surface area (Å²) in [5.74, 6) is 0. The van der Waals surface area contributed by atoms with Crippen molar-refractivity contribution in [2.45, 2.75) is 12.5 Å². The second-order valence-corrected chi connectivity index (χ2v) is 5.40. The van der Waals surface area contributed by atoms with E-state index in [9.17, 15) is 0 Å². The van der Waals surface area contributed by atoms with Crippen molar-refractivity contribution in [3.05, 3.63) is 15.9 Å². The molecule has 0 aliphatic carbocycles. The van der Waals surface area contributed by atoms with Gasteiger partial charge in [0, 0.05) is 29.0 Å². The third kappa shape index (κ3) is 3.75. The van der Waals surface area contributed by atoms with Crippen molar-refractivity contribution in [3.63, 3.8) is 0 Å². The van der Waals surface area contributed by atoms with Crippen LogP contribution in [-0.4, -0.2) is 32.3 Å². The Morgan fingerprint density at radius 3 is 3.27 bits per heavy atom. The van der Waals surface area contributed by atoms with Crippen molar-refractivity contribution in [2.75, 3.05) is 31.6 Å². The van der Waals surface area contributed by atoms with Crippen molar-refractivity contribution in [1.29, 1.82) is 0 Å². The first-order valence-electron chi connectivity index (χ1n) is 5.13. The number of nitrogens with one attached hydrogen (secondary N) is 2. The van der Waals surface area contributed by atoms with E-state index in [2.05, 4.69) is 38.0 Å². The SMILES string of the molecule is Brc1csc(NCCC2COCCN2)c1. The van der Waals surface area contributed by atoms with Crippen LogP contribution in [0.1, 0.15) is 6.42 Å². The second kappa shape index (κ2) is 5.84. The Kier molecular flexibility index (Phi) is 4.43. The maximum Gasteiger partial charge on any atom is 0.0894 e. The van der Waals surface area contributed by atoms with Crippen LogP contribution in [0.5, 0.6) is 0 Å². The van der Waals surface area contributed by atoms with Gasteiger partial charge in [0.15, 0.2) is 0 Å². The van der Waals surface area contributed by atoms with E-state index < -0.39 is 0 Å². The molecule has 1 fully saturated rings. The highest BCUT2D eigenvalue weighted by Crippen LogP contribution is 2.24. The van der Waals surface area contributed by atoms with Crippen LogP contribution in [0.3, 0.4) is 0 Å². The van der Waals surface area contributed by atoms with E-state index in [4.69, 9.17) is 4.74 Å². The molecule has 1 aromatic heterocycles. The first-order chi connectivity index (χ1) is 7.34. The van der Waals surface area contributed by atoms with E-state index >= 15 is 0 Å². The minimum absolute atomic E-state index is 0.509. The Labute approximate surface area is 102 Å². The standard InChI is InChI=1S/C10H15BrN2OS/c11-8-5-10(15-7-8)13-2-1-9-6-14-4-3-12-9/h5,7,9,12-13H,1-4,6H2. The van der Waals surface area contributed by atoms with Gasteiger partial charge in [0.2, 0.25) is 0 Å². The Hall–Kier alpha value is -0.100. The molecule has 0 radical (unpaired) electrons. The quantitative estimate of drug-likeness (QED) is 0.893. The molecule has 2 rings (SSSR count). The van der Waals surface area contributed by atoms with Crippen LogP contribution in [0.25, 0.3) is 0 Å². The maximum absolute atomic E-state index is 5.39. The molecule has 1 atom stereocenters. The third-order valence-electron chi connectivity index (χ3n) is 2.36. The van der Waals surface area contributed by atoms with E-state index in [1.54, 1.807) is 11.3 Å². The van der Waals surface area contributed by atoms with Crippen LogP contribution in [-0.2, 0) is 4.74 Å². The van der Waals surface area contributed by atoms with Crippen LogP contribution in [0, 0.1) is 0 Å². The lowest BCUT2D eigenvalue weighted by atomic mass is 10.2. The van der Waals surface area contributed by atoms with Gasteiger partial charge in [-0.2, -0.15) is 0 Å². The van der Waals surface area contributed by atoms with E-state index in [1.807, 2.05) is 0 Å². The van der Waals surface area contributed by atoms with Gasteiger partial charge in [0.1, 0.15) is 0 Å². The van der Waals surface area contributed by atoms with Crippen molar-refractivity contribution >= 4 is 32.3 Å². The molecule has 2 N–H and O–H groups in total. The molecular weight excluding hydrogens is 276 g/mol. The van der Waals surface area contributed by atoms with Gasteiger partial charge < -0.3 is 15.4 Å². The highest BCUT2D eigenvalue weighted by atomic mass is 79.9. The van der Waals surface area contributed by atoms with Crippen LogP contribution >= 0.6 is 27.3 Å². The van der Waals surface area contributed by atoms with Crippen molar-refractivity contribution in [1.82, 2.24) is 5.32 Å². The van der Waals surface area contributed by atoms with Crippen LogP contribution in [0.2, 0.25) is 0 Å². The summed E-state index contributed by atoms with van der Waals surface area (Å²) in [6, 6.07) is 2.62. The molecule has 0 saturated carbocycles. The Balaban J connectivity index is 1.65. The number of hydrogen-bond acceptors (Lipinski definition) is 4. The molecule has 1 saturated heterocycles. The summed E-state index contributed by atoms with van der Waals surface area (Å²) in [5.41, 5.74) is 0. The third-order valence-corrected chi connectivity index (χ3v) is 4.01. The minimum atomic E-state index is 0.509. The van der Waals surface area contributed by atoms with Gasteiger partial charge in [-0.15, -0.1) is 11.3 Å². The summed E-state index contributed by atoms with van der Waals surface area (Å²) in [6.45, 7) is 3.67. The molecule has 0 amide bonds. The van der Waals surface area contributed by atoms with Gasteiger partial charge in [0.25, 0.3) is 0 Å². The number of anilines is 1. The van der Waals surface area contributed by atoms with Crippen LogP contribution in [0.15, 0.2) is 15.9 Å². The van der Waals surface area contributed by atoms with Gasteiger partial charge in [-0.1, -0.05) is 0 Å².